The maximum Gasteiger partial charge on any atom is 0.264 e. The lowest BCUT2D eigenvalue weighted by molar-refractivity contribution is -0.118. The van der Waals surface area contributed by atoms with E-state index in [1.807, 2.05) is 0 Å². The van der Waals surface area contributed by atoms with Gasteiger partial charge in [-0.3, -0.25) is 9.10 Å². The third-order valence-corrected chi connectivity index (χ3v) is 6.78. The summed E-state index contributed by atoms with van der Waals surface area (Å²) < 4.78 is 45.8. The second-order valence-electron chi connectivity index (χ2n) is 7.13. The Morgan fingerprint density at radius 1 is 1.03 bits per heavy atom. The minimum atomic E-state index is -3.65. The van der Waals surface area contributed by atoms with Crippen LogP contribution in [0.3, 0.4) is 0 Å². The number of fused-ring (bicyclic) bond motifs is 1. The molecule has 0 aromatic heterocycles. The Balaban J connectivity index is 1.47. The van der Waals surface area contributed by atoms with Crippen molar-refractivity contribution in [3.8, 4) is 5.75 Å². The van der Waals surface area contributed by atoms with Crippen LogP contribution in [0.4, 0.5) is 15.8 Å². The Labute approximate surface area is 180 Å². The largest absolute Gasteiger partial charge is 0.484 e. The van der Waals surface area contributed by atoms with Gasteiger partial charge in [0.1, 0.15) is 11.6 Å². The van der Waals surface area contributed by atoms with Crippen molar-refractivity contribution >= 4 is 27.3 Å². The molecule has 0 unspecified atom stereocenters. The summed E-state index contributed by atoms with van der Waals surface area (Å²) in [7, 11) is -3.65. The number of ether oxygens (including phenoxy) is 1. The van der Waals surface area contributed by atoms with E-state index in [9.17, 15) is 17.6 Å². The van der Waals surface area contributed by atoms with E-state index in [1.54, 1.807) is 48.5 Å². The summed E-state index contributed by atoms with van der Waals surface area (Å²) in [4.78, 5) is 12.5. The van der Waals surface area contributed by atoms with Crippen LogP contribution < -0.4 is 14.4 Å². The van der Waals surface area contributed by atoms with Crippen LogP contribution >= 0.6 is 0 Å². The van der Waals surface area contributed by atoms with Gasteiger partial charge in [0.25, 0.3) is 15.9 Å². The van der Waals surface area contributed by atoms with Gasteiger partial charge < -0.3 is 10.1 Å². The third kappa shape index (κ3) is 4.69. The molecule has 8 heteroatoms. The number of anilines is 2. The van der Waals surface area contributed by atoms with Gasteiger partial charge >= 0.3 is 0 Å². The van der Waals surface area contributed by atoms with Crippen molar-refractivity contribution in [2.75, 3.05) is 22.8 Å². The van der Waals surface area contributed by atoms with Crippen molar-refractivity contribution < 1.29 is 22.3 Å². The number of carbonyl (C=O) groups excluding carboxylic acids is 1. The summed E-state index contributed by atoms with van der Waals surface area (Å²) in [5, 5.41) is 2.75. The van der Waals surface area contributed by atoms with E-state index in [-0.39, 0.29) is 23.2 Å². The molecule has 1 amide bonds. The first-order chi connectivity index (χ1) is 14.9. The normalized spacial score (nSPS) is 13.4. The maximum absolute atomic E-state index is 13.1. The Bertz CT molecular complexity index is 1180. The molecule has 0 aliphatic carbocycles. The quantitative estimate of drug-likeness (QED) is 0.629. The van der Waals surface area contributed by atoms with E-state index in [2.05, 4.69) is 5.32 Å². The fourth-order valence-electron chi connectivity index (χ4n) is 3.49. The molecule has 3 aromatic carbocycles. The van der Waals surface area contributed by atoms with Gasteiger partial charge in [-0.25, -0.2) is 12.8 Å². The lowest BCUT2D eigenvalue weighted by Gasteiger charge is -2.30. The zero-order valence-electron chi connectivity index (χ0n) is 16.6. The number of aryl methyl sites for hydroxylation is 1. The summed E-state index contributed by atoms with van der Waals surface area (Å²) in [6.45, 7) is 0.179. The van der Waals surface area contributed by atoms with Gasteiger partial charge in [-0.05, 0) is 73.0 Å². The van der Waals surface area contributed by atoms with Crippen LogP contribution in [0.25, 0.3) is 0 Å². The van der Waals surface area contributed by atoms with Crippen molar-refractivity contribution in [3.05, 3.63) is 84.2 Å². The zero-order valence-corrected chi connectivity index (χ0v) is 17.4. The van der Waals surface area contributed by atoms with Crippen LogP contribution in [-0.4, -0.2) is 27.5 Å². The minimum Gasteiger partial charge on any atom is -0.484 e. The standard InChI is InChI=1S/C23H21FN2O4S/c24-18-8-11-20(12-9-18)30-16-23(27)25-19-10-13-22-17(15-19)5-4-14-26(22)31(28,29)21-6-2-1-3-7-21/h1-3,6-13,15H,4-5,14,16H2,(H,25,27). The highest BCUT2D eigenvalue weighted by Gasteiger charge is 2.29. The highest BCUT2D eigenvalue weighted by atomic mass is 32.2. The highest BCUT2D eigenvalue weighted by Crippen LogP contribution is 2.33. The van der Waals surface area contributed by atoms with Crippen LogP contribution in [-0.2, 0) is 21.2 Å². The van der Waals surface area contributed by atoms with Crippen LogP contribution in [0, 0.1) is 5.82 Å². The number of sulfonamides is 1. The second-order valence-corrected chi connectivity index (χ2v) is 8.99. The SMILES string of the molecule is O=C(COc1ccc(F)cc1)Nc1ccc2c(c1)CCCN2S(=O)(=O)c1ccccc1. The number of hydrogen-bond acceptors (Lipinski definition) is 4. The summed E-state index contributed by atoms with van der Waals surface area (Å²) >= 11 is 0. The average Bonchev–Trinajstić information content (AvgIpc) is 2.78. The average molecular weight is 440 g/mol. The fraction of sp³-hybridized carbons (Fsp3) is 0.174. The first-order valence-corrected chi connectivity index (χ1v) is 11.3. The predicted molar refractivity (Wildman–Crippen MR) is 116 cm³/mol. The van der Waals surface area contributed by atoms with Crippen molar-refractivity contribution in [2.45, 2.75) is 17.7 Å². The number of benzene rings is 3. The van der Waals surface area contributed by atoms with Crippen LogP contribution in [0.15, 0.2) is 77.7 Å². The van der Waals surface area contributed by atoms with Crippen LogP contribution in [0.5, 0.6) is 5.75 Å². The molecule has 0 saturated heterocycles. The minimum absolute atomic E-state index is 0.225. The van der Waals surface area contributed by atoms with E-state index >= 15 is 0 Å². The number of hydrogen-bond donors (Lipinski definition) is 1. The molecule has 160 valence electrons. The van der Waals surface area contributed by atoms with E-state index < -0.39 is 10.0 Å². The Morgan fingerprint density at radius 2 is 1.77 bits per heavy atom. The van der Waals surface area contributed by atoms with E-state index in [0.29, 0.717) is 36.5 Å². The molecular weight excluding hydrogens is 419 g/mol. The molecule has 0 fully saturated rings. The van der Waals surface area contributed by atoms with Crippen LogP contribution in [0.1, 0.15) is 12.0 Å². The molecule has 0 bridgehead atoms. The molecule has 31 heavy (non-hydrogen) atoms. The molecule has 1 heterocycles. The number of amides is 1. The zero-order chi connectivity index (χ0) is 21.8. The topological polar surface area (TPSA) is 75.7 Å². The Hall–Kier alpha value is -3.39. The molecule has 0 atom stereocenters. The van der Waals surface area contributed by atoms with Crippen LogP contribution in [0.2, 0.25) is 0 Å². The number of rotatable bonds is 6. The van der Waals surface area contributed by atoms with Gasteiger partial charge in [0.15, 0.2) is 6.61 Å². The lowest BCUT2D eigenvalue weighted by atomic mass is 10.0. The number of halogens is 1. The second kappa shape index (κ2) is 8.77. The monoisotopic (exact) mass is 440 g/mol. The van der Waals surface area contributed by atoms with Gasteiger partial charge in [0.05, 0.1) is 10.6 Å². The molecule has 1 N–H and O–H groups in total. The molecule has 3 aromatic rings. The fourth-order valence-corrected chi connectivity index (χ4v) is 5.05. The Morgan fingerprint density at radius 3 is 2.52 bits per heavy atom. The van der Waals surface area contributed by atoms with E-state index in [4.69, 9.17) is 4.74 Å². The predicted octanol–water partition coefficient (Wildman–Crippen LogP) is 3.98. The molecule has 0 spiro atoms. The lowest BCUT2D eigenvalue weighted by Crippen LogP contribution is -2.35. The smallest absolute Gasteiger partial charge is 0.264 e. The first-order valence-electron chi connectivity index (χ1n) is 9.82. The maximum atomic E-state index is 13.1. The molecule has 6 nitrogen and oxygen atoms in total. The number of carbonyl (C=O) groups is 1. The molecule has 0 radical (unpaired) electrons. The molecule has 4 rings (SSSR count). The van der Waals surface area contributed by atoms with Gasteiger partial charge in [-0.2, -0.15) is 0 Å². The van der Waals surface area contributed by atoms with E-state index in [1.165, 1.54) is 28.6 Å². The van der Waals surface area contributed by atoms with E-state index in [0.717, 1.165) is 5.56 Å². The third-order valence-electron chi connectivity index (χ3n) is 4.95. The van der Waals surface area contributed by atoms with Gasteiger partial charge in [0.2, 0.25) is 0 Å². The van der Waals surface area contributed by atoms with Crippen molar-refractivity contribution in [3.63, 3.8) is 0 Å². The summed E-state index contributed by atoms with van der Waals surface area (Å²) in [6.07, 6.45) is 1.40. The van der Waals surface area contributed by atoms with Crippen molar-refractivity contribution in [1.29, 1.82) is 0 Å². The Kier molecular flexibility index (Phi) is 5.90. The summed E-state index contributed by atoms with van der Waals surface area (Å²) in [6, 6.07) is 18.9. The van der Waals surface area contributed by atoms with Crippen molar-refractivity contribution in [2.24, 2.45) is 0 Å². The molecule has 1 aliphatic heterocycles. The molecular formula is C23H21FN2O4S. The number of nitrogens with one attached hydrogen (secondary N) is 1. The summed E-state index contributed by atoms with van der Waals surface area (Å²) in [5.74, 6) is -0.355. The van der Waals surface area contributed by atoms with Gasteiger partial charge in [0, 0.05) is 12.2 Å². The number of nitrogens with zero attached hydrogens (tertiary/aromatic N) is 1. The van der Waals surface area contributed by atoms with Crippen molar-refractivity contribution in [1.82, 2.24) is 0 Å². The highest BCUT2D eigenvalue weighted by molar-refractivity contribution is 7.92. The summed E-state index contributed by atoms with van der Waals surface area (Å²) in [5.41, 5.74) is 2.03. The van der Waals surface area contributed by atoms with Gasteiger partial charge in [-0.1, -0.05) is 18.2 Å². The molecule has 1 aliphatic rings. The first kappa shape index (κ1) is 20.9. The molecule has 0 saturated carbocycles. The van der Waals surface area contributed by atoms with Gasteiger partial charge in [-0.15, -0.1) is 0 Å².